The van der Waals surface area contributed by atoms with Gasteiger partial charge in [0.2, 0.25) is 0 Å². The SMILES string of the molecule is CCc1cc(C(=O)N(C(=O)NC2CCCCC2)C2CCCCC2)no1. The van der Waals surface area contributed by atoms with Crippen LogP contribution in [0.15, 0.2) is 10.6 Å². The predicted molar refractivity (Wildman–Crippen MR) is 94.3 cm³/mol. The van der Waals surface area contributed by atoms with Crippen LogP contribution < -0.4 is 5.32 Å². The Hall–Kier alpha value is -1.85. The molecule has 2 fully saturated rings. The first-order chi connectivity index (χ1) is 12.2. The molecule has 6 nitrogen and oxygen atoms in total. The van der Waals surface area contributed by atoms with Gasteiger partial charge in [0.15, 0.2) is 5.69 Å². The van der Waals surface area contributed by atoms with Crippen LogP contribution in [0.4, 0.5) is 4.79 Å². The monoisotopic (exact) mass is 347 g/mol. The number of aryl methyl sites for hydroxylation is 1. The van der Waals surface area contributed by atoms with Crippen LogP contribution in [-0.4, -0.2) is 34.1 Å². The summed E-state index contributed by atoms with van der Waals surface area (Å²) >= 11 is 0. The van der Waals surface area contributed by atoms with Gasteiger partial charge in [-0.1, -0.05) is 50.6 Å². The molecule has 6 heteroatoms. The molecule has 0 radical (unpaired) electrons. The van der Waals surface area contributed by atoms with E-state index in [4.69, 9.17) is 4.52 Å². The van der Waals surface area contributed by atoms with Crippen molar-refractivity contribution in [2.75, 3.05) is 0 Å². The Morgan fingerprint density at radius 2 is 1.76 bits per heavy atom. The molecule has 2 saturated carbocycles. The van der Waals surface area contributed by atoms with Gasteiger partial charge in [0.1, 0.15) is 5.76 Å². The van der Waals surface area contributed by atoms with Gasteiger partial charge >= 0.3 is 6.03 Å². The van der Waals surface area contributed by atoms with Crippen LogP contribution in [0.2, 0.25) is 0 Å². The highest BCUT2D eigenvalue weighted by Crippen LogP contribution is 2.25. The lowest BCUT2D eigenvalue weighted by molar-refractivity contribution is 0.0691. The largest absolute Gasteiger partial charge is 0.361 e. The van der Waals surface area contributed by atoms with Crippen molar-refractivity contribution in [2.45, 2.75) is 89.6 Å². The molecule has 1 aromatic heterocycles. The summed E-state index contributed by atoms with van der Waals surface area (Å²) in [5.41, 5.74) is 0.237. The summed E-state index contributed by atoms with van der Waals surface area (Å²) < 4.78 is 5.17. The Kier molecular flexibility index (Phi) is 6.10. The molecular formula is C19H29N3O3. The summed E-state index contributed by atoms with van der Waals surface area (Å²) in [5, 5.41) is 6.98. The topological polar surface area (TPSA) is 75.4 Å². The summed E-state index contributed by atoms with van der Waals surface area (Å²) in [4.78, 5) is 27.4. The van der Waals surface area contributed by atoms with Crippen molar-refractivity contribution in [3.8, 4) is 0 Å². The first kappa shape index (κ1) is 18.0. The second kappa shape index (κ2) is 8.50. The smallest absolute Gasteiger partial charge is 0.324 e. The van der Waals surface area contributed by atoms with Gasteiger partial charge in [0.05, 0.1) is 0 Å². The standard InChI is InChI=1S/C19H29N3O3/c1-2-16-13-17(21-25-16)18(23)22(15-11-7-4-8-12-15)19(24)20-14-9-5-3-6-10-14/h13-15H,2-12H2,1H3,(H,20,24). The third-order valence-electron chi connectivity index (χ3n) is 5.44. The summed E-state index contributed by atoms with van der Waals surface area (Å²) in [7, 11) is 0. The van der Waals surface area contributed by atoms with Gasteiger partial charge < -0.3 is 9.84 Å². The third kappa shape index (κ3) is 4.41. The molecule has 25 heavy (non-hydrogen) atoms. The lowest BCUT2D eigenvalue weighted by Crippen LogP contribution is -2.53. The molecule has 0 spiro atoms. The molecule has 3 rings (SSSR count). The van der Waals surface area contributed by atoms with Gasteiger partial charge in [-0.15, -0.1) is 0 Å². The van der Waals surface area contributed by atoms with Crippen molar-refractivity contribution in [1.29, 1.82) is 0 Å². The first-order valence-corrected chi connectivity index (χ1v) is 9.78. The van der Waals surface area contributed by atoms with Crippen LogP contribution in [0.5, 0.6) is 0 Å². The third-order valence-corrected chi connectivity index (χ3v) is 5.44. The number of nitrogens with zero attached hydrogens (tertiary/aromatic N) is 2. The highest BCUT2D eigenvalue weighted by molar-refractivity contribution is 6.03. The van der Waals surface area contributed by atoms with E-state index in [1.807, 2.05) is 6.92 Å². The quantitative estimate of drug-likeness (QED) is 0.891. The minimum absolute atomic E-state index is 0.0355. The molecule has 0 unspecified atom stereocenters. The minimum Gasteiger partial charge on any atom is -0.361 e. The predicted octanol–water partition coefficient (Wildman–Crippen LogP) is 4.05. The zero-order valence-electron chi connectivity index (χ0n) is 15.1. The molecule has 0 aromatic carbocycles. The number of amides is 3. The Morgan fingerprint density at radius 3 is 2.36 bits per heavy atom. The zero-order chi connectivity index (χ0) is 17.6. The van der Waals surface area contributed by atoms with Crippen LogP contribution in [0.3, 0.4) is 0 Å². The normalized spacial score (nSPS) is 19.6. The second-order valence-electron chi connectivity index (χ2n) is 7.28. The van der Waals surface area contributed by atoms with Gasteiger partial charge in [-0.05, 0) is 25.7 Å². The van der Waals surface area contributed by atoms with Crippen molar-refractivity contribution in [1.82, 2.24) is 15.4 Å². The van der Waals surface area contributed by atoms with E-state index >= 15 is 0 Å². The number of imide groups is 1. The Bertz CT molecular complexity index is 586. The van der Waals surface area contributed by atoms with Gasteiger partial charge in [-0.25, -0.2) is 4.79 Å². The summed E-state index contributed by atoms with van der Waals surface area (Å²) in [6.45, 7) is 1.95. The summed E-state index contributed by atoms with van der Waals surface area (Å²) in [5.74, 6) is 0.336. The van der Waals surface area contributed by atoms with Crippen LogP contribution in [-0.2, 0) is 6.42 Å². The van der Waals surface area contributed by atoms with Crippen LogP contribution in [0.1, 0.15) is 87.4 Å². The molecule has 0 atom stereocenters. The lowest BCUT2D eigenvalue weighted by atomic mass is 9.93. The average molecular weight is 347 g/mol. The summed E-state index contributed by atoms with van der Waals surface area (Å²) in [6.07, 6.45) is 11.3. The molecule has 0 aliphatic heterocycles. The highest BCUT2D eigenvalue weighted by atomic mass is 16.5. The number of urea groups is 1. The van der Waals surface area contributed by atoms with Crippen LogP contribution in [0.25, 0.3) is 0 Å². The van der Waals surface area contributed by atoms with E-state index in [-0.39, 0.29) is 29.7 Å². The van der Waals surface area contributed by atoms with Crippen LogP contribution in [0, 0.1) is 0 Å². The van der Waals surface area contributed by atoms with Crippen molar-refractivity contribution >= 4 is 11.9 Å². The van der Waals surface area contributed by atoms with Gasteiger partial charge in [0.25, 0.3) is 5.91 Å². The van der Waals surface area contributed by atoms with Crippen molar-refractivity contribution in [3.63, 3.8) is 0 Å². The zero-order valence-corrected chi connectivity index (χ0v) is 15.1. The maximum atomic E-state index is 13.0. The maximum absolute atomic E-state index is 13.0. The Morgan fingerprint density at radius 1 is 1.12 bits per heavy atom. The molecule has 1 N–H and O–H groups in total. The maximum Gasteiger partial charge on any atom is 0.324 e. The van der Waals surface area contributed by atoms with Crippen molar-refractivity contribution in [3.05, 3.63) is 17.5 Å². The van der Waals surface area contributed by atoms with E-state index in [2.05, 4.69) is 10.5 Å². The molecule has 0 saturated heterocycles. The van der Waals surface area contributed by atoms with Gasteiger partial charge in [-0.2, -0.15) is 0 Å². The Labute approximate surface area is 149 Å². The molecule has 0 bridgehead atoms. The molecular weight excluding hydrogens is 318 g/mol. The van der Waals surface area contributed by atoms with E-state index in [1.54, 1.807) is 6.07 Å². The lowest BCUT2D eigenvalue weighted by Gasteiger charge is -2.34. The van der Waals surface area contributed by atoms with Crippen LogP contribution >= 0.6 is 0 Å². The van der Waals surface area contributed by atoms with Crippen molar-refractivity contribution < 1.29 is 14.1 Å². The second-order valence-corrected chi connectivity index (χ2v) is 7.28. The van der Waals surface area contributed by atoms with Crippen molar-refractivity contribution in [2.24, 2.45) is 0 Å². The number of rotatable bonds is 4. The van der Waals surface area contributed by atoms with Gasteiger partial charge in [-0.3, -0.25) is 9.69 Å². The van der Waals surface area contributed by atoms with Gasteiger partial charge in [0, 0.05) is 24.6 Å². The fraction of sp³-hybridized carbons (Fsp3) is 0.737. The fourth-order valence-corrected chi connectivity index (χ4v) is 3.96. The van der Waals surface area contributed by atoms with E-state index in [9.17, 15) is 9.59 Å². The molecule has 2 aliphatic carbocycles. The number of nitrogens with one attached hydrogen (secondary N) is 1. The average Bonchev–Trinajstić information content (AvgIpc) is 3.13. The molecule has 1 heterocycles. The molecule has 138 valence electrons. The van der Waals surface area contributed by atoms with E-state index in [0.717, 1.165) is 51.4 Å². The number of hydrogen-bond donors (Lipinski definition) is 1. The molecule has 1 aromatic rings. The van der Waals surface area contributed by atoms with E-state index < -0.39 is 0 Å². The van der Waals surface area contributed by atoms with E-state index in [1.165, 1.54) is 17.7 Å². The number of hydrogen-bond acceptors (Lipinski definition) is 4. The fourth-order valence-electron chi connectivity index (χ4n) is 3.96. The minimum atomic E-state index is -0.330. The Balaban J connectivity index is 1.75. The molecule has 3 amide bonds. The number of aromatic nitrogens is 1. The number of carbonyl (C=O) groups is 2. The number of carbonyl (C=O) groups excluding carboxylic acids is 2. The van der Waals surface area contributed by atoms with E-state index in [0.29, 0.717) is 12.2 Å². The first-order valence-electron chi connectivity index (χ1n) is 9.78. The highest BCUT2D eigenvalue weighted by Gasteiger charge is 2.34. The summed E-state index contributed by atoms with van der Waals surface area (Å²) in [6, 6.07) is 1.55. The molecule has 2 aliphatic rings.